The molecule has 0 aromatic carbocycles. The molecule has 48 heavy (non-hydrogen) atoms. The summed E-state index contributed by atoms with van der Waals surface area (Å²) >= 11 is 3.53. The number of aliphatic carboxylic acids is 1. The zero-order chi connectivity index (χ0) is 34.2. The zero-order valence-electron chi connectivity index (χ0n) is 25.2. The van der Waals surface area contributed by atoms with E-state index in [1.54, 1.807) is 33.8 Å². The van der Waals surface area contributed by atoms with Gasteiger partial charge in [0.15, 0.2) is 10.8 Å². The Morgan fingerprint density at radius 3 is 2.58 bits per heavy atom. The Bertz CT molecular complexity index is 1870. The van der Waals surface area contributed by atoms with Crippen molar-refractivity contribution in [2.24, 2.45) is 10.9 Å². The number of ether oxygens (including phenoxy) is 1. The summed E-state index contributed by atoms with van der Waals surface area (Å²) in [6, 6.07) is 0.608. The average Bonchev–Trinajstić information content (AvgIpc) is 3.61. The molecule has 0 bridgehead atoms. The zero-order valence-corrected chi connectivity index (χ0v) is 27.7. The monoisotopic (exact) mass is 728 g/mol. The molecule has 1 saturated heterocycles. The number of carboxylic acids is 1. The molecule has 0 aliphatic carbocycles. The van der Waals surface area contributed by atoms with Gasteiger partial charge in [-0.25, -0.2) is 19.6 Å². The first-order valence-electron chi connectivity index (χ1n) is 13.6. The molecular weight excluding hydrogens is 700 g/mol. The Morgan fingerprint density at radius 1 is 1.23 bits per heavy atom. The third-order valence-electron chi connectivity index (χ3n) is 6.30. The number of hydrogen-bond donors (Lipinski definition) is 4. The third-order valence-corrected chi connectivity index (χ3v) is 9.39. The molecule has 5 heterocycles. The van der Waals surface area contributed by atoms with Crippen molar-refractivity contribution in [1.82, 2.24) is 34.8 Å². The van der Waals surface area contributed by atoms with Gasteiger partial charge in [0.05, 0.1) is 0 Å². The Labute approximate surface area is 306 Å². The second-order valence-corrected chi connectivity index (χ2v) is 14.0. The maximum absolute atomic E-state index is 13.3. The summed E-state index contributed by atoms with van der Waals surface area (Å²) in [5.41, 5.74) is 10.8. The van der Waals surface area contributed by atoms with Gasteiger partial charge in [-0.05, 0) is 39.3 Å². The Hall–Kier alpha value is -3.76. The summed E-state index contributed by atoms with van der Waals surface area (Å²) in [4.78, 5) is 81.2. The summed E-state index contributed by atoms with van der Waals surface area (Å²) in [7, 11) is 0. The molecule has 2 atom stereocenters. The van der Waals surface area contributed by atoms with Crippen molar-refractivity contribution in [2.45, 2.75) is 49.7 Å². The van der Waals surface area contributed by atoms with Crippen LogP contribution in [0, 0.1) is 6.92 Å². The number of nitrogen functional groups attached to an aromatic ring is 1. The number of hydrogen-bond acceptors (Lipinski definition) is 16. The fourth-order valence-electron chi connectivity index (χ4n) is 4.45. The van der Waals surface area contributed by atoms with Crippen LogP contribution in [0.15, 0.2) is 32.9 Å². The number of nitrogens with one attached hydrogen (secondary N) is 1. The molecule has 250 valence electrons. The number of carboxylic acid groups (broad SMARTS) is 1. The van der Waals surface area contributed by atoms with Crippen molar-refractivity contribution in [3.63, 3.8) is 0 Å². The van der Waals surface area contributed by atoms with Crippen LogP contribution in [0.1, 0.15) is 42.8 Å². The molecule has 3 amide bonds. The van der Waals surface area contributed by atoms with Crippen LogP contribution in [0.4, 0.5) is 5.13 Å². The predicted molar refractivity (Wildman–Crippen MR) is 176 cm³/mol. The van der Waals surface area contributed by atoms with Crippen molar-refractivity contribution >= 4 is 111 Å². The summed E-state index contributed by atoms with van der Waals surface area (Å²) < 4.78 is 6.51. The number of amides is 3. The molecule has 0 spiro atoms. The first-order chi connectivity index (χ1) is 22.1. The van der Waals surface area contributed by atoms with Gasteiger partial charge in [-0.2, -0.15) is 9.50 Å². The second-order valence-electron chi connectivity index (χ2n) is 11.0. The number of nitrogens with two attached hydrogens (primary N) is 2. The number of β-lactam (4-membered cyclic amide) rings is 1. The Kier molecular flexibility index (Phi) is 11.4. The van der Waals surface area contributed by atoms with Crippen LogP contribution in [0.3, 0.4) is 0 Å². The normalized spacial score (nSPS) is 17.7. The maximum atomic E-state index is 13.3. The van der Waals surface area contributed by atoms with E-state index in [2.05, 4.69) is 30.5 Å². The summed E-state index contributed by atoms with van der Waals surface area (Å²) in [5, 5.41) is 22.0. The fraction of sp³-hybridized carbons (Fsp3) is 0.385. The van der Waals surface area contributed by atoms with Gasteiger partial charge in [0.1, 0.15) is 33.4 Å². The van der Waals surface area contributed by atoms with E-state index < -0.39 is 53.3 Å². The van der Waals surface area contributed by atoms with E-state index in [9.17, 15) is 29.1 Å². The molecule has 5 rings (SSSR count). The third kappa shape index (κ3) is 8.09. The fourth-order valence-corrected chi connectivity index (χ4v) is 7.53. The number of oxime groups is 1. The van der Waals surface area contributed by atoms with Crippen LogP contribution in [0.5, 0.6) is 0 Å². The number of primary amides is 1. The SMILES string of the molecule is Cc1cc(SCC2=C(C(=O)O)N3C(=O)[C@@H](NC(=O)/C(=N\OCC(=O)OC(C)(C)C)c4csc(N)n4)[C@H]3SC2)n2nc(C(N)=O)nc2n1.[NaH]. The van der Waals surface area contributed by atoms with E-state index in [0.717, 1.165) is 16.2 Å². The molecule has 0 radical (unpaired) electrons. The van der Waals surface area contributed by atoms with Crippen molar-refractivity contribution in [2.75, 3.05) is 23.8 Å². The predicted octanol–water partition coefficient (Wildman–Crippen LogP) is -0.485. The number of thiazole rings is 1. The van der Waals surface area contributed by atoms with E-state index >= 15 is 0 Å². The number of aromatic nitrogens is 5. The van der Waals surface area contributed by atoms with Gasteiger partial charge < -0.3 is 31.5 Å². The topological polar surface area (TPSA) is 260 Å². The van der Waals surface area contributed by atoms with Crippen molar-refractivity contribution in [3.05, 3.63) is 39.9 Å². The Balaban J connectivity index is 0.00000520. The van der Waals surface area contributed by atoms with Gasteiger partial charge in [-0.1, -0.05) is 5.16 Å². The molecule has 2 aliphatic rings. The van der Waals surface area contributed by atoms with Crippen molar-refractivity contribution in [1.29, 1.82) is 0 Å². The second kappa shape index (κ2) is 14.8. The van der Waals surface area contributed by atoms with Crippen molar-refractivity contribution < 1.29 is 38.7 Å². The minimum atomic E-state index is -1.31. The van der Waals surface area contributed by atoms with E-state index in [-0.39, 0.29) is 74.9 Å². The standard InChI is InChI=1S/C26H28N10O8S3.Na.H/c1-10-5-13(36-25(29-10)32-19(33-36)18(27)38)45-7-11-8-46-22-16(21(40)35(22)17(11)23(41)42)31-20(39)15(12-9-47-24(28)30-12)34-43-6-14(37)44-26(2,3)4;;/h5,9,16,22H,6-8H2,1-4H3,(H2,27,38)(H2,28,30)(H,31,39)(H,41,42);;/b34-15-;;/t16-,22-;;/m1../s1. The van der Waals surface area contributed by atoms with Crippen LogP contribution in [-0.2, 0) is 28.8 Å². The molecule has 6 N–H and O–H groups in total. The van der Waals surface area contributed by atoms with E-state index in [1.165, 1.54) is 33.4 Å². The van der Waals surface area contributed by atoms with Gasteiger partial charge in [0.2, 0.25) is 12.4 Å². The van der Waals surface area contributed by atoms with E-state index in [0.29, 0.717) is 16.3 Å². The summed E-state index contributed by atoms with van der Waals surface area (Å²) in [6.07, 6.45) is 0. The van der Waals surface area contributed by atoms with Crippen LogP contribution in [0.2, 0.25) is 0 Å². The number of rotatable bonds is 11. The number of fused-ring (bicyclic) bond motifs is 2. The van der Waals surface area contributed by atoms with Crippen LogP contribution in [0.25, 0.3) is 5.78 Å². The van der Waals surface area contributed by atoms with Crippen LogP contribution in [-0.4, -0.2) is 135 Å². The van der Waals surface area contributed by atoms with Crippen molar-refractivity contribution in [3.8, 4) is 0 Å². The molecule has 0 unspecified atom stereocenters. The first-order valence-corrected chi connectivity index (χ1v) is 16.6. The number of nitrogens with zero attached hydrogens (tertiary/aromatic N) is 7. The number of esters is 1. The van der Waals surface area contributed by atoms with Gasteiger partial charge in [0.25, 0.3) is 23.5 Å². The summed E-state index contributed by atoms with van der Waals surface area (Å²) in [6.45, 7) is 6.18. The molecule has 2 aliphatic heterocycles. The first kappa shape index (κ1) is 37.1. The molecule has 3 aromatic rings. The Morgan fingerprint density at radius 2 is 1.96 bits per heavy atom. The molecular formula is C26H29N10NaO8S3. The average molecular weight is 729 g/mol. The number of carbonyl (C=O) groups is 5. The van der Waals surface area contributed by atoms with Crippen LogP contribution < -0.4 is 16.8 Å². The molecule has 22 heteroatoms. The summed E-state index contributed by atoms with van der Waals surface area (Å²) in [5.74, 6) is -4.02. The molecule has 3 aromatic heterocycles. The molecule has 1 fully saturated rings. The van der Waals surface area contributed by atoms with Gasteiger partial charge in [-0.3, -0.25) is 19.3 Å². The number of carbonyl (C=O) groups excluding carboxylic acids is 4. The number of anilines is 1. The quantitative estimate of drug-likeness (QED) is 0.0370. The van der Waals surface area contributed by atoms with E-state index in [4.69, 9.17) is 21.0 Å². The molecule has 18 nitrogen and oxygen atoms in total. The van der Waals surface area contributed by atoms with Gasteiger partial charge >= 0.3 is 41.5 Å². The molecule has 0 saturated carbocycles. The number of aryl methyl sites for hydroxylation is 1. The van der Waals surface area contributed by atoms with Crippen LogP contribution >= 0.6 is 34.9 Å². The number of thioether (sulfide) groups is 2. The van der Waals surface area contributed by atoms with Gasteiger partial charge in [0, 0.05) is 22.6 Å². The minimum absolute atomic E-state index is 0. The van der Waals surface area contributed by atoms with E-state index in [1.807, 2.05) is 0 Å². The van der Waals surface area contributed by atoms with Gasteiger partial charge in [-0.15, -0.1) is 40.0 Å².